The van der Waals surface area contributed by atoms with Crippen LogP contribution in [0.1, 0.15) is 59.0 Å². The molecule has 0 spiro atoms. The summed E-state index contributed by atoms with van der Waals surface area (Å²) in [5.41, 5.74) is 11.2. The van der Waals surface area contributed by atoms with Crippen LogP contribution in [-0.4, -0.2) is 37.6 Å². The molecule has 3 rings (SSSR count). The van der Waals surface area contributed by atoms with Crippen LogP contribution in [0.15, 0.2) is 35.6 Å². The van der Waals surface area contributed by atoms with Gasteiger partial charge in [-0.3, -0.25) is 4.79 Å². The van der Waals surface area contributed by atoms with Gasteiger partial charge in [-0.2, -0.15) is 5.10 Å². The second-order valence-corrected chi connectivity index (χ2v) is 8.54. The summed E-state index contributed by atoms with van der Waals surface area (Å²) in [5.74, 6) is 1.33. The molecule has 0 aliphatic rings. The van der Waals surface area contributed by atoms with Crippen LogP contribution < -0.4 is 5.73 Å². The van der Waals surface area contributed by atoms with Gasteiger partial charge in [-0.05, 0) is 64.3 Å². The largest absolute Gasteiger partial charge is 0.386 e. The predicted octanol–water partition coefficient (Wildman–Crippen LogP) is 3.87. The summed E-state index contributed by atoms with van der Waals surface area (Å²) in [6.07, 6.45) is 2.67. The number of carbonyl (C=O) groups excluding carboxylic acids is 1. The molecular weight excluding hydrogens is 404 g/mol. The van der Waals surface area contributed by atoms with E-state index in [9.17, 15) is 4.79 Å². The number of ketones is 1. The average molecular weight is 437 g/mol. The Balaban J connectivity index is 1.63. The third-order valence-corrected chi connectivity index (χ3v) is 5.43. The molecule has 0 aromatic carbocycles. The van der Waals surface area contributed by atoms with Crippen LogP contribution in [0.3, 0.4) is 0 Å². The Hall–Kier alpha value is -3.42. The fraction of sp³-hybridized carbons (Fsp3) is 0.417. The van der Waals surface area contributed by atoms with Gasteiger partial charge >= 0.3 is 0 Å². The van der Waals surface area contributed by atoms with E-state index in [1.807, 2.05) is 45.9 Å². The number of pyridine rings is 1. The molecule has 0 radical (unpaired) electrons. The minimum Gasteiger partial charge on any atom is -0.386 e. The first-order valence-electron chi connectivity index (χ1n) is 10.8. The van der Waals surface area contributed by atoms with Crippen molar-refractivity contribution in [2.24, 2.45) is 16.8 Å². The molecule has 0 fully saturated rings. The highest BCUT2D eigenvalue weighted by Crippen LogP contribution is 2.18. The SMILES string of the molecule is Cc1cc(C)n(-c2ccc(/C(N)=N\OCC(=O)c3cc(C)n(CCC(C)C)c3C)cn2)n1. The lowest BCUT2D eigenvalue weighted by Gasteiger charge is -2.11. The minimum atomic E-state index is -0.174. The summed E-state index contributed by atoms with van der Waals surface area (Å²) in [5, 5.41) is 8.32. The average Bonchev–Trinajstić information content (AvgIpc) is 3.23. The van der Waals surface area contributed by atoms with Crippen molar-refractivity contribution in [1.82, 2.24) is 19.3 Å². The van der Waals surface area contributed by atoms with E-state index < -0.39 is 0 Å². The second kappa shape index (κ2) is 9.80. The van der Waals surface area contributed by atoms with E-state index in [1.54, 1.807) is 16.9 Å². The topological polar surface area (TPSA) is 100 Å². The maximum atomic E-state index is 12.7. The van der Waals surface area contributed by atoms with Gasteiger partial charge in [-0.1, -0.05) is 19.0 Å². The van der Waals surface area contributed by atoms with Crippen molar-refractivity contribution in [2.45, 2.75) is 54.5 Å². The van der Waals surface area contributed by atoms with Crippen LogP contribution >= 0.6 is 0 Å². The van der Waals surface area contributed by atoms with E-state index >= 15 is 0 Å². The van der Waals surface area contributed by atoms with Crippen LogP contribution in [0.4, 0.5) is 0 Å². The normalized spacial score (nSPS) is 11.9. The summed E-state index contributed by atoms with van der Waals surface area (Å²) >= 11 is 0. The van der Waals surface area contributed by atoms with Gasteiger partial charge in [0, 0.05) is 41.0 Å². The van der Waals surface area contributed by atoms with Gasteiger partial charge in [0.2, 0.25) is 5.78 Å². The lowest BCUT2D eigenvalue weighted by Crippen LogP contribution is -2.16. The monoisotopic (exact) mass is 436 g/mol. The van der Waals surface area contributed by atoms with Gasteiger partial charge in [0.1, 0.15) is 0 Å². The van der Waals surface area contributed by atoms with Crippen LogP contribution in [0.5, 0.6) is 0 Å². The van der Waals surface area contributed by atoms with Crippen molar-refractivity contribution in [2.75, 3.05) is 6.61 Å². The fourth-order valence-corrected chi connectivity index (χ4v) is 3.63. The maximum Gasteiger partial charge on any atom is 0.204 e. The molecule has 0 atom stereocenters. The number of nitrogens with two attached hydrogens (primary N) is 1. The van der Waals surface area contributed by atoms with E-state index in [0.717, 1.165) is 35.7 Å². The second-order valence-electron chi connectivity index (χ2n) is 8.54. The zero-order chi connectivity index (χ0) is 23.4. The highest BCUT2D eigenvalue weighted by Gasteiger charge is 2.16. The lowest BCUT2D eigenvalue weighted by atomic mass is 10.1. The smallest absolute Gasteiger partial charge is 0.204 e. The fourth-order valence-electron chi connectivity index (χ4n) is 3.63. The molecule has 2 N–H and O–H groups in total. The van der Waals surface area contributed by atoms with Gasteiger partial charge < -0.3 is 15.1 Å². The number of rotatable bonds is 9. The summed E-state index contributed by atoms with van der Waals surface area (Å²) in [6.45, 7) is 13.0. The first kappa shape index (κ1) is 23.2. The third-order valence-electron chi connectivity index (χ3n) is 5.43. The molecule has 0 aliphatic heterocycles. The van der Waals surface area contributed by atoms with Gasteiger partial charge in [0.05, 0.1) is 5.69 Å². The molecule has 0 saturated carbocycles. The van der Waals surface area contributed by atoms with Gasteiger partial charge in [0.15, 0.2) is 18.3 Å². The molecule has 3 aromatic heterocycles. The van der Waals surface area contributed by atoms with Crippen molar-refractivity contribution in [3.05, 3.63) is 64.4 Å². The Labute approximate surface area is 189 Å². The zero-order valence-electron chi connectivity index (χ0n) is 19.7. The Kier molecular flexibility index (Phi) is 7.12. The number of oxime groups is 1. The number of aryl methyl sites for hydroxylation is 3. The Bertz CT molecular complexity index is 1120. The summed E-state index contributed by atoms with van der Waals surface area (Å²) < 4.78 is 3.94. The molecular formula is C24H32N6O2. The molecule has 0 amide bonds. The lowest BCUT2D eigenvalue weighted by molar-refractivity contribution is 0.0775. The Morgan fingerprint density at radius 3 is 2.50 bits per heavy atom. The molecule has 8 nitrogen and oxygen atoms in total. The minimum absolute atomic E-state index is 0.122. The van der Waals surface area contributed by atoms with Crippen LogP contribution in [0.25, 0.3) is 5.82 Å². The van der Waals surface area contributed by atoms with Crippen LogP contribution in [0, 0.1) is 33.6 Å². The highest BCUT2D eigenvalue weighted by molar-refractivity contribution is 5.99. The van der Waals surface area contributed by atoms with Gasteiger partial charge in [-0.25, -0.2) is 9.67 Å². The Morgan fingerprint density at radius 2 is 1.91 bits per heavy atom. The van der Waals surface area contributed by atoms with Crippen molar-refractivity contribution in [3.8, 4) is 5.82 Å². The van der Waals surface area contributed by atoms with E-state index in [-0.39, 0.29) is 18.2 Å². The van der Waals surface area contributed by atoms with Crippen LogP contribution in [0.2, 0.25) is 0 Å². The molecule has 170 valence electrons. The number of hydrogen-bond acceptors (Lipinski definition) is 5. The van der Waals surface area contributed by atoms with Crippen molar-refractivity contribution in [3.63, 3.8) is 0 Å². The van der Waals surface area contributed by atoms with E-state index in [1.165, 1.54) is 0 Å². The maximum absolute atomic E-state index is 12.7. The predicted molar refractivity (Wildman–Crippen MR) is 125 cm³/mol. The first-order chi connectivity index (χ1) is 15.2. The molecule has 8 heteroatoms. The third kappa shape index (κ3) is 5.25. The molecule has 3 heterocycles. The summed E-state index contributed by atoms with van der Waals surface area (Å²) in [4.78, 5) is 22.3. The number of aromatic nitrogens is 4. The molecule has 0 unspecified atom stereocenters. The van der Waals surface area contributed by atoms with Crippen LogP contribution in [-0.2, 0) is 11.4 Å². The van der Waals surface area contributed by atoms with E-state index in [4.69, 9.17) is 10.6 Å². The molecule has 0 saturated heterocycles. The number of hydrogen-bond donors (Lipinski definition) is 1. The van der Waals surface area contributed by atoms with Gasteiger partial charge in [-0.15, -0.1) is 0 Å². The molecule has 3 aromatic rings. The Morgan fingerprint density at radius 1 is 1.16 bits per heavy atom. The number of carbonyl (C=O) groups is 1. The van der Waals surface area contributed by atoms with E-state index in [0.29, 0.717) is 22.9 Å². The summed E-state index contributed by atoms with van der Waals surface area (Å²) in [6, 6.07) is 7.51. The quantitative estimate of drug-likeness (QED) is 0.238. The first-order valence-corrected chi connectivity index (χ1v) is 10.8. The molecule has 0 bridgehead atoms. The number of nitrogens with zero attached hydrogens (tertiary/aromatic N) is 5. The number of Topliss-reactive ketones (excluding diaryl/α,β-unsaturated/α-hetero) is 1. The van der Waals surface area contributed by atoms with Crippen molar-refractivity contribution < 1.29 is 9.63 Å². The molecule has 32 heavy (non-hydrogen) atoms. The number of amidine groups is 1. The summed E-state index contributed by atoms with van der Waals surface area (Å²) in [7, 11) is 0. The van der Waals surface area contributed by atoms with Crippen molar-refractivity contribution >= 4 is 11.6 Å². The van der Waals surface area contributed by atoms with Crippen molar-refractivity contribution in [1.29, 1.82) is 0 Å². The standard InChI is InChI=1S/C24H32N6O2/c1-15(2)9-10-29-17(4)12-21(19(29)6)22(31)14-32-28-24(25)20-7-8-23(26-13-20)30-18(5)11-16(3)27-30/h7-8,11-13,15H,9-10,14H2,1-6H3,(H2,25,28). The highest BCUT2D eigenvalue weighted by atomic mass is 16.6. The van der Waals surface area contributed by atoms with Gasteiger partial charge in [0.25, 0.3) is 0 Å². The zero-order valence-corrected chi connectivity index (χ0v) is 19.7. The molecule has 0 aliphatic carbocycles. The van der Waals surface area contributed by atoms with E-state index in [2.05, 4.69) is 33.7 Å².